The summed E-state index contributed by atoms with van der Waals surface area (Å²) < 4.78 is 0. The van der Waals surface area contributed by atoms with E-state index in [4.69, 9.17) is 4.84 Å². The van der Waals surface area contributed by atoms with Gasteiger partial charge in [0.25, 0.3) is 0 Å². The molecule has 0 amide bonds. The molecule has 1 aromatic carbocycles. The molecule has 2 rings (SSSR count). The molecule has 1 aromatic rings. The van der Waals surface area contributed by atoms with Crippen LogP contribution in [0.15, 0.2) is 35.5 Å². The van der Waals surface area contributed by atoms with Crippen molar-refractivity contribution in [2.24, 2.45) is 10.6 Å². The second-order valence-corrected chi connectivity index (χ2v) is 5.60. The van der Waals surface area contributed by atoms with Gasteiger partial charge in [-0.05, 0) is 25.3 Å². The van der Waals surface area contributed by atoms with Crippen molar-refractivity contribution < 1.29 is 4.84 Å². The molecule has 2 nitrogen and oxygen atoms in total. The van der Waals surface area contributed by atoms with Crippen LogP contribution >= 0.6 is 0 Å². The van der Waals surface area contributed by atoms with Gasteiger partial charge in [-0.25, -0.2) is 0 Å². The topological polar surface area (TPSA) is 21.6 Å². The van der Waals surface area contributed by atoms with Crippen LogP contribution in [0.4, 0.5) is 0 Å². The number of oxime groups is 1. The zero-order valence-corrected chi connectivity index (χ0v) is 10.9. The number of rotatable bonds is 4. The molecule has 0 fully saturated rings. The smallest absolute Gasteiger partial charge is 0.137 e. The van der Waals surface area contributed by atoms with Crippen LogP contribution in [0.1, 0.15) is 39.2 Å². The van der Waals surface area contributed by atoms with Crippen molar-refractivity contribution in [1.82, 2.24) is 0 Å². The lowest BCUT2D eigenvalue weighted by Crippen LogP contribution is -2.30. The van der Waals surface area contributed by atoms with Gasteiger partial charge in [0.1, 0.15) is 6.10 Å². The summed E-state index contributed by atoms with van der Waals surface area (Å²) in [7, 11) is 0. The standard InChI is InChI=1S/C15H21NO/c1-12-11-14(17-16-12)15(2,3)10-9-13-7-5-4-6-8-13/h4-8,14H,9-11H2,1-3H3. The Kier molecular flexibility index (Phi) is 3.51. The van der Waals surface area contributed by atoms with Crippen molar-refractivity contribution in [1.29, 1.82) is 0 Å². The van der Waals surface area contributed by atoms with Crippen LogP contribution in [0.2, 0.25) is 0 Å². The highest BCUT2D eigenvalue weighted by Crippen LogP contribution is 2.34. The molecule has 0 bridgehead atoms. The Labute approximate surface area is 104 Å². The van der Waals surface area contributed by atoms with E-state index in [1.165, 1.54) is 5.56 Å². The van der Waals surface area contributed by atoms with E-state index in [2.05, 4.69) is 49.3 Å². The molecule has 0 aromatic heterocycles. The first-order chi connectivity index (χ1) is 8.08. The number of benzene rings is 1. The van der Waals surface area contributed by atoms with Gasteiger partial charge < -0.3 is 4.84 Å². The lowest BCUT2D eigenvalue weighted by atomic mass is 9.79. The van der Waals surface area contributed by atoms with E-state index >= 15 is 0 Å². The molecule has 1 aliphatic rings. The van der Waals surface area contributed by atoms with Gasteiger partial charge in [0.2, 0.25) is 0 Å². The van der Waals surface area contributed by atoms with Gasteiger partial charge in [0.05, 0.1) is 5.71 Å². The van der Waals surface area contributed by atoms with Gasteiger partial charge in [-0.2, -0.15) is 0 Å². The highest BCUT2D eigenvalue weighted by molar-refractivity contribution is 5.82. The minimum atomic E-state index is 0.178. The Hall–Kier alpha value is -1.31. The third kappa shape index (κ3) is 3.09. The fourth-order valence-corrected chi connectivity index (χ4v) is 2.19. The first-order valence-electron chi connectivity index (χ1n) is 6.31. The van der Waals surface area contributed by atoms with Crippen LogP contribution in [0.25, 0.3) is 0 Å². The van der Waals surface area contributed by atoms with Crippen molar-refractivity contribution >= 4 is 5.71 Å². The van der Waals surface area contributed by atoms with E-state index in [0.29, 0.717) is 0 Å². The van der Waals surface area contributed by atoms with Gasteiger partial charge in [0, 0.05) is 11.8 Å². The van der Waals surface area contributed by atoms with Crippen LogP contribution in [0, 0.1) is 5.41 Å². The maximum Gasteiger partial charge on any atom is 0.137 e. The summed E-state index contributed by atoms with van der Waals surface area (Å²) >= 11 is 0. The molecule has 1 unspecified atom stereocenters. The second kappa shape index (κ2) is 4.91. The number of nitrogens with zero attached hydrogens (tertiary/aromatic N) is 1. The van der Waals surface area contributed by atoms with Crippen LogP contribution in [-0.2, 0) is 11.3 Å². The van der Waals surface area contributed by atoms with Gasteiger partial charge in [-0.3, -0.25) is 0 Å². The van der Waals surface area contributed by atoms with Crippen molar-refractivity contribution in [3.8, 4) is 0 Å². The van der Waals surface area contributed by atoms with E-state index in [9.17, 15) is 0 Å². The van der Waals surface area contributed by atoms with Crippen LogP contribution in [0.5, 0.6) is 0 Å². The zero-order valence-electron chi connectivity index (χ0n) is 10.9. The van der Waals surface area contributed by atoms with Crippen molar-refractivity contribution in [3.05, 3.63) is 35.9 Å². The first-order valence-corrected chi connectivity index (χ1v) is 6.31. The van der Waals surface area contributed by atoms with E-state index in [-0.39, 0.29) is 11.5 Å². The fourth-order valence-electron chi connectivity index (χ4n) is 2.19. The maximum atomic E-state index is 5.51. The molecule has 0 saturated heterocycles. The number of hydrogen-bond acceptors (Lipinski definition) is 2. The first kappa shape index (κ1) is 12.2. The summed E-state index contributed by atoms with van der Waals surface area (Å²) in [6, 6.07) is 10.6. The highest BCUT2D eigenvalue weighted by Gasteiger charge is 2.34. The van der Waals surface area contributed by atoms with Crippen LogP contribution in [-0.4, -0.2) is 11.8 Å². The Morgan fingerprint density at radius 2 is 2.00 bits per heavy atom. The summed E-state index contributed by atoms with van der Waals surface area (Å²) in [5, 5.41) is 4.06. The van der Waals surface area contributed by atoms with E-state index < -0.39 is 0 Å². The molecule has 92 valence electrons. The minimum absolute atomic E-state index is 0.178. The largest absolute Gasteiger partial charge is 0.392 e. The molecule has 0 saturated carbocycles. The third-order valence-corrected chi connectivity index (χ3v) is 3.59. The van der Waals surface area contributed by atoms with Crippen molar-refractivity contribution in [2.75, 3.05) is 0 Å². The minimum Gasteiger partial charge on any atom is -0.392 e. The molecule has 0 aliphatic carbocycles. The molecule has 1 heterocycles. The lowest BCUT2D eigenvalue weighted by molar-refractivity contribution is -0.00485. The second-order valence-electron chi connectivity index (χ2n) is 5.60. The summed E-state index contributed by atoms with van der Waals surface area (Å²) in [6.45, 7) is 6.58. The Morgan fingerprint density at radius 3 is 2.59 bits per heavy atom. The predicted octanol–water partition coefficient (Wildman–Crippen LogP) is 3.81. The summed E-state index contributed by atoms with van der Waals surface area (Å²) in [4.78, 5) is 5.51. The SMILES string of the molecule is CC1=NOC(C(C)(C)CCc2ccccc2)C1. The molecule has 0 spiro atoms. The maximum absolute atomic E-state index is 5.51. The summed E-state index contributed by atoms with van der Waals surface area (Å²) in [5.41, 5.74) is 2.69. The molecule has 1 atom stereocenters. The quantitative estimate of drug-likeness (QED) is 0.772. The highest BCUT2D eigenvalue weighted by atomic mass is 16.6. The monoisotopic (exact) mass is 231 g/mol. The molecule has 0 N–H and O–H groups in total. The average Bonchev–Trinajstić information content (AvgIpc) is 2.76. The van der Waals surface area contributed by atoms with Crippen LogP contribution in [0.3, 0.4) is 0 Å². The van der Waals surface area contributed by atoms with E-state index in [1.807, 2.05) is 6.92 Å². The molecular formula is C15H21NO. The molecule has 2 heteroatoms. The van der Waals surface area contributed by atoms with E-state index in [1.54, 1.807) is 0 Å². The Bertz CT molecular complexity index is 395. The van der Waals surface area contributed by atoms with Gasteiger partial charge in [0.15, 0.2) is 0 Å². The lowest BCUT2D eigenvalue weighted by Gasteiger charge is -2.29. The van der Waals surface area contributed by atoms with Crippen molar-refractivity contribution in [3.63, 3.8) is 0 Å². The van der Waals surface area contributed by atoms with Crippen LogP contribution < -0.4 is 0 Å². The predicted molar refractivity (Wildman–Crippen MR) is 71.1 cm³/mol. The van der Waals surface area contributed by atoms with Crippen molar-refractivity contribution in [2.45, 2.75) is 46.1 Å². The van der Waals surface area contributed by atoms with Gasteiger partial charge >= 0.3 is 0 Å². The molecule has 1 aliphatic heterocycles. The van der Waals surface area contributed by atoms with Gasteiger partial charge in [-0.1, -0.05) is 49.3 Å². The summed E-state index contributed by atoms with van der Waals surface area (Å²) in [5.74, 6) is 0. The van der Waals surface area contributed by atoms with Gasteiger partial charge in [-0.15, -0.1) is 0 Å². The Morgan fingerprint density at radius 1 is 1.29 bits per heavy atom. The Balaban J connectivity index is 1.90. The fraction of sp³-hybridized carbons (Fsp3) is 0.533. The normalized spacial score (nSPS) is 19.9. The molecule has 17 heavy (non-hydrogen) atoms. The number of aryl methyl sites for hydroxylation is 1. The zero-order chi connectivity index (χ0) is 12.3. The molecule has 0 radical (unpaired) electrons. The van der Waals surface area contributed by atoms with E-state index in [0.717, 1.165) is 25.0 Å². The third-order valence-electron chi connectivity index (χ3n) is 3.59. The molecular weight excluding hydrogens is 210 g/mol. The summed E-state index contributed by atoms with van der Waals surface area (Å²) in [6.07, 6.45) is 3.45. The number of hydrogen-bond donors (Lipinski definition) is 0. The average molecular weight is 231 g/mol.